The van der Waals surface area contributed by atoms with Crippen LogP contribution in [-0.2, 0) is 6.18 Å². The maximum absolute atomic E-state index is 13.1. The Labute approximate surface area is 98.5 Å². The first kappa shape index (κ1) is 11.0. The first-order valence-electron chi connectivity index (χ1n) is 5.10. The number of hydrogen-bond donors (Lipinski definition) is 0. The van der Waals surface area contributed by atoms with Gasteiger partial charge >= 0.3 is 6.18 Å². The molecule has 0 atom stereocenters. The quantitative estimate of drug-likeness (QED) is 0.560. The third-order valence-corrected chi connectivity index (χ3v) is 2.69. The van der Waals surface area contributed by atoms with Crippen molar-refractivity contribution in [3.8, 4) is 0 Å². The van der Waals surface area contributed by atoms with Gasteiger partial charge in [-0.2, -0.15) is 13.2 Å². The van der Waals surface area contributed by atoms with Crippen LogP contribution in [0.2, 0.25) is 0 Å². The molecule has 0 aliphatic carbocycles. The molecule has 0 bridgehead atoms. The summed E-state index contributed by atoms with van der Waals surface area (Å²) in [6.07, 6.45) is -3.09. The van der Waals surface area contributed by atoms with Gasteiger partial charge in [-0.25, -0.2) is 9.37 Å². The van der Waals surface area contributed by atoms with Crippen LogP contribution in [0.15, 0.2) is 36.5 Å². The van der Waals surface area contributed by atoms with Gasteiger partial charge in [0, 0.05) is 12.3 Å². The molecule has 0 fully saturated rings. The highest BCUT2D eigenvalue weighted by Gasteiger charge is 2.35. The van der Waals surface area contributed by atoms with Gasteiger partial charge in [0.05, 0.1) is 16.6 Å². The Morgan fingerprint density at radius 3 is 2.56 bits per heavy atom. The number of hydrogen-bond acceptors (Lipinski definition) is 1. The van der Waals surface area contributed by atoms with E-state index in [4.69, 9.17) is 0 Å². The van der Waals surface area contributed by atoms with Crippen LogP contribution < -0.4 is 0 Å². The smallest absolute Gasteiger partial charge is 0.313 e. The summed E-state index contributed by atoms with van der Waals surface area (Å²) in [4.78, 5) is 3.58. The summed E-state index contributed by atoms with van der Waals surface area (Å²) in [6.45, 7) is 0. The Hall–Kier alpha value is -2.11. The lowest BCUT2D eigenvalue weighted by molar-refractivity contribution is -0.139. The zero-order chi connectivity index (χ0) is 12.9. The molecule has 2 heterocycles. The Morgan fingerprint density at radius 1 is 1.06 bits per heavy atom. The molecule has 0 aliphatic heterocycles. The fourth-order valence-corrected chi connectivity index (χ4v) is 1.95. The largest absolute Gasteiger partial charge is 0.435 e. The number of alkyl halides is 3. The van der Waals surface area contributed by atoms with Crippen LogP contribution in [0.1, 0.15) is 5.69 Å². The minimum Gasteiger partial charge on any atom is -0.313 e. The van der Waals surface area contributed by atoms with E-state index in [1.807, 2.05) is 0 Å². The Kier molecular flexibility index (Phi) is 2.10. The van der Waals surface area contributed by atoms with E-state index in [2.05, 4.69) is 4.98 Å². The van der Waals surface area contributed by atoms with Crippen molar-refractivity contribution >= 4 is 16.6 Å². The third kappa shape index (κ3) is 1.53. The summed E-state index contributed by atoms with van der Waals surface area (Å²) < 4.78 is 53.0. The molecule has 6 heteroatoms. The highest BCUT2D eigenvalue weighted by atomic mass is 19.4. The fourth-order valence-electron chi connectivity index (χ4n) is 1.95. The molecular weight excluding hydrogens is 248 g/mol. The van der Waals surface area contributed by atoms with E-state index in [0.29, 0.717) is 5.52 Å². The molecule has 0 saturated heterocycles. The van der Waals surface area contributed by atoms with E-state index in [-0.39, 0.29) is 11.0 Å². The number of fused-ring (bicyclic) bond motifs is 3. The van der Waals surface area contributed by atoms with Crippen LogP contribution in [0.25, 0.3) is 16.6 Å². The fraction of sp³-hybridized carbons (Fsp3) is 0.0833. The molecule has 0 saturated carbocycles. The van der Waals surface area contributed by atoms with Gasteiger partial charge in [-0.15, -0.1) is 0 Å². The van der Waals surface area contributed by atoms with Crippen molar-refractivity contribution in [2.45, 2.75) is 6.18 Å². The maximum atomic E-state index is 13.1. The van der Waals surface area contributed by atoms with E-state index in [9.17, 15) is 17.6 Å². The molecule has 92 valence electrons. The van der Waals surface area contributed by atoms with Crippen molar-refractivity contribution in [1.82, 2.24) is 9.38 Å². The molecule has 1 aromatic carbocycles. The van der Waals surface area contributed by atoms with Crippen LogP contribution >= 0.6 is 0 Å². The molecule has 0 N–H and O–H groups in total. The average Bonchev–Trinajstić information content (AvgIpc) is 2.75. The Balaban J connectivity index is 2.51. The lowest BCUT2D eigenvalue weighted by Crippen LogP contribution is -2.10. The zero-order valence-corrected chi connectivity index (χ0v) is 8.87. The van der Waals surface area contributed by atoms with Crippen LogP contribution in [0, 0.1) is 5.82 Å². The Bertz CT molecular complexity index is 743. The van der Waals surface area contributed by atoms with Crippen LogP contribution in [0.3, 0.4) is 0 Å². The molecular formula is C12H6F4N2. The summed E-state index contributed by atoms with van der Waals surface area (Å²) in [5, 5.41) is 0. The molecule has 18 heavy (non-hydrogen) atoms. The van der Waals surface area contributed by atoms with Crippen molar-refractivity contribution in [1.29, 1.82) is 0 Å². The van der Waals surface area contributed by atoms with Gasteiger partial charge in [-0.05, 0) is 24.3 Å². The molecule has 0 amide bonds. The number of benzene rings is 1. The number of aromatic nitrogens is 2. The van der Waals surface area contributed by atoms with E-state index in [1.54, 1.807) is 0 Å². The van der Waals surface area contributed by atoms with E-state index < -0.39 is 17.7 Å². The third-order valence-electron chi connectivity index (χ3n) is 2.69. The molecule has 0 unspecified atom stereocenters. The molecule has 0 radical (unpaired) electrons. The second kappa shape index (κ2) is 3.44. The van der Waals surface area contributed by atoms with Crippen LogP contribution in [0.5, 0.6) is 0 Å². The highest BCUT2D eigenvalue weighted by Crippen LogP contribution is 2.33. The summed E-state index contributed by atoms with van der Waals surface area (Å²) in [5.41, 5.74) is -0.636. The molecule has 2 aromatic heterocycles. The van der Waals surface area contributed by atoms with E-state index in [0.717, 1.165) is 12.1 Å². The van der Waals surface area contributed by atoms with Gasteiger partial charge in [0.15, 0.2) is 5.69 Å². The highest BCUT2D eigenvalue weighted by molar-refractivity contribution is 5.80. The Morgan fingerprint density at radius 2 is 1.83 bits per heavy atom. The van der Waals surface area contributed by atoms with Crippen molar-refractivity contribution in [2.24, 2.45) is 0 Å². The van der Waals surface area contributed by atoms with Gasteiger partial charge in [-0.3, -0.25) is 0 Å². The minimum absolute atomic E-state index is 0.0828. The summed E-state index contributed by atoms with van der Waals surface area (Å²) in [6, 6.07) is 6.26. The maximum Gasteiger partial charge on any atom is 0.435 e. The zero-order valence-electron chi connectivity index (χ0n) is 8.87. The normalized spacial score (nSPS) is 12.4. The monoisotopic (exact) mass is 254 g/mol. The SMILES string of the molecule is Fc1ccc2nc(C(F)(F)F)c3cccn3c2c1. The second-order valence-corrected chi connectivity index (χ2v) is 3.85. The van der Waals surface area contributed by atoms with E-state index in [1.165, 1.54) is 28.8 Å². The predicted octanol–water partition coefficient (Wildman–Crippen LogP) is 3.65. The lowest BCUT2D eigenvalue weighted by atomic mass is 10.2. The summed E-state index contributed by atoms with van der Waals surface area (Å²) >= 11 is 0. The van der Waals surface area contributed by atoms with Gasteiger partial charge in [0.1, 0.15) is 5.82 Å². The lowest BCUT2D eigenvalue weighted by Gasteiger charge is -2.10. The molecule has 2 nitrogen and oxygen atoms in total. The molecule has 0 spiro atoms. The number of halogens is 4. The topological polar surface area (TPSA) is 17.3 Å². The van der Waals surface area contributed by atoms with Crippen molar-refractivity contribution < 1.29 is 17.6 Å². The van der Waals surface area contributed by atoms with Gasteiger partial charge < -0.3 is 4.40 Å². The van der Waals surface area contributed by atoms with Crippen molar-refractivity contribution in [3.63, 3.8) is 0 Å². The van der Waals surface area contributed by atoms with E-state index >= 15 is 0 Å². The van der Waals surface area contributed by atoms with Crippen LogP contribution in [-0.4, -0.2) is 9.38 Å². The van der Waals surface area contributed by atoms with Crippen LogP contribution in [0.4, 0.5) is 17.6 Å². The summed E-state index contributed by atoms with van der Waals surface area (Å²) in [7, 11) is 0. The standard InChI is InChI=1S/C12H6F4N2/c13-7-3-4-8-10(6-7)18-5-1-2-9(18)11(17-8)12(14,15)16/h1-6H. The molecule has 0 aliphatic rings. The predicted molar refractivity (Wildman–Crippen MR) is 57.7 cm³/mol. The average molecular weight is 254 g/mol. The summed E-state index contributed by atoms with van der Waals surface area (Å²) in [5.74, 6) is -0.515. The number of rotatable bonds is 0. The first-order chi connectivity index (χ1) is 8.47. The van der Waals surface area contributed by atoms with Crippen molar-refractivity contribution in [2.75, 3.05) is 0 Å². The first-order valence-corrected chi connectivity index (χ1v) is 5.10. The van der Waals surface area contributed by atoms with Gasteiger partial charge in [0.2, 0.25) is 0 Å². The molecule has 3 rings (SSSR count). The second-order valence-electron chi connectivity index (χ2n) is 3.85. The molecule has 3 aromatic rings. The van der Waals surface area contributed by atoms with Gasteiger partial charge in [0.25, 0.3) is 0 Å². The van der Waals surface area contributed by atoms with Gasteiger partial charge in [-0.1, -0.05) is 0 Å². The minimum atomic E-state index is -4.54. The van der Waals surface area contributed by atoms with Crippen molar-refractivity contribution in [3.05, 3.63) is 48.0 Å². The number of nitrogens with zero attached hydrogens (tertiary/aromatic N) is 2.